The van der Waals surface area contributed by atoms with Gasteiger partial charge in [0.1, 0.15) is 0 Å². The summed E-state index contributed by atoms with van der Waals surface area (Å²) < 4.78 is 24.4. The van der Waals surface area contributed by atoms with E-state index in [1.54, 1.807) is 23.0 Å². The van der Waals surface area contributed by atoms with E-state index < -0.39 is 10.0 Å². The third-order valence-corrected chi connectivity index (χ3v) is 3.78. The smallest absolute Gasteiger partial charge is 0.233 e. The van der Waals surface area contributed by atoms with Crippen molar-refractivity contribution < 1.29 is 8.42 Å². The molecule has 0 unspecified atom stereocenters. The van der Waals surface area contributed by atoms with Crippen LogP contribution in [0.15, 0.2) is 59.6 Å². The Kier molecular flexibility index (Phi) is 2.62. The van der Waals surface area contributed by atoms with E-state index in [4.69, 9.17) is 5.14 Å². The van der Waals surface area contributed by atoms with Gasteiger partial charge in [0.2, 0.25) is 10.0 Å². The van der Waals surface area contributed by atoms with Gasteiger partial charge in [0.05, 0.1) is 22.3 Å². The number of hydrogen-bond acceptors (Lipinski definition) is 3. The number of nitrogens with two attached hydrogens (primary N) is 1. The Labute approximate surface area is 110 Å². The molecule has 0 fully saturated rings. The number of fused-ring (bicyclic) bond motifs is 1. The third-order valence-electron chi connectivity index (χ3n) is 2.87. The molecule has 0 saturated heterocycles. The summed E-state index contributed by atoms with van der Waals surface area (Å²) in [5.74, 6) is 0. The fourth-order valence-corrected chi connectivity index (χ4v) is 2.52. The summed E-state index contributed by atoms with van der Waals surface area (Å²) in [5, 5.41) is 10.4. The first-order valence-corrected chi connectivity index (χ1v) is 7.16. The molecule has 1 heterocycles. The third kappa shape index (κ3) is 2.11. The number of aromatic nitrogens is 2. The zero-order valence-electron chi connectivity index (χ0n) is 9.89. The molecule has 2 N–H and O–H groups in total. The molecule has 5 nitrogen and oxygen atoms in total. The van der Waals surface area contributed by atoms with Gasteiger partial charge >= 0.3 is 0 Å². The highest BCUT2D eigenvalue weighted by molar-refractivity contribution is 7.89. The van der Waals surface area contributed by atoms with Crippen molar-refractivity contribution in [1.82, 2.24) is 9.78 Å². The first-order valence-electron chi connectivity index (χ1n) is 5.62. The van der Waals surface area contributed by atoms with Crippen LogP contribution in [-0.2, 0) is 10.0 Å². The average Bonchev–Trinajstić information content (AvgIpc) is 2.82. The molecule has 96 valence electrons. The highest BCUT2D eigenvalue weighted by Gasteiger charge is 2.10. The maximum atomic E-state index is 11.4. The Morgan fingerprint density at radius 1 is 1.05 bits per heavy atom. The van der Waals surface area contributed by atoms with Crippen LogP contribution < -0.4 is 5.14 Å². The summed E-state index contributed by atoms with van der Waals surface area (Å²) >= 11 is 0. The molecule has 0 aliphatic heterocycles. The Bertz CT molecular complexity index is 853. The van der Waals surface area contributed by atoms with E-state index in [1.165, 1.54) is 12.1 Å². The van der Waals surface area contributed by atoms with Crippen LogP contribution in [0.4, 0.5) is 0 Å². The fraction of sp³-hybridized carbons (Fsp3) is 0. The molecule has 0 atom stereocenters. The van der Waals surface area contributed by atoms with E-state index in [9.17, 15) is 8.42 Å². The Hall–Kier alpha value is -2.18. The van der Waals surface area contributed by atoms with Gasteiger partial charge in [-0.2, -0.15) is 5.10 Å². The second-order valence-corrected chi connectivity index (χ2v) is 5.72. The van der Waals surface area contributed by atoms with Crippen molar-refractivity contribution in [3.05, 3.63) is 54.7 Å². The van der Waals surface area contributed by atoms with E-state index in [2.05, 4.69) is 5.10 Å². The molecule has 0 saturated carbocycles. The van der Waals surface area contributed by atoms with E-state index >= 15 is 0 Å². The van der Waals surface area contributed by atoms with Crippen molar-refractivity contribution in [2.24, 2.45) is 5.14 Å². The number of para-hydroxylation sites is 1. The molecule has 0 spiro atoms. The van der Waals surface area contributed by atoms with Crippen LogP contribution in [0.2, 0.25) is 0 Å². The predicted molar refractivity (Wildman–Crippen MR) is 72.4 cm³/mol. The molecule has 0 bridgehead atoms. The summed E-state index contributed by atoms with van der Waals surface area (Å²) in [5.41, 5.74) is 1.57. The van der Waals surface area contributed by atoms with Crippen LogP contribution in [0.3, 0.4) is 0 Å². The quantitative estimate of drug-likeness (QED) is 0.771. The second-order valence-electron chi connectivity index (χ2n) is 4.16. The van der Waals surface area contributed by atoms with E-state index in [1.807, 2.05) is 24.3 Å². The molecule has 19 heavy (non-hydrogen) atoms. The average molecular weight is 273 g/mol. The number of hydrogen-bond donors (Lipinski definition) is 1. The lowest BCUT2D eigenvalue weighted by atomic mass is 10.2. The largest absolute Gasteiger partial charge is 0.238 e. The topological polar surface area (TPSA) is 78.0 Å². The maximum absolute atomic E-state index is 11.4. The minimum absolute atomic E-state index is 0.0737. The molecule has 0 aliphatic carbocycles. The van der Waals surface area contributed by atoms with Crippen molar-refractivity contribution in [2.45, 2.75) is 4.90 Å². The van der Waals surface area contributed by atoms with Crippen LogP contribution in [0.25, 0.3) is 16.6 Å². The molecule has 0 aliphatic rings. The molecule has 2 aromatic carbocycles. The van der Waals surface area contributed by atoms with Crippen LogP contribution in [0, 0.1) is 0 Å². The van der Waals surface area contributed by atoms with E-state index in [0.717, 1.165) is 10.9 Å². The Morgan fingerprint density at radius 2 is 1.84 bits per heavy atom. The minimum Gasteiger partial charge on any atom is -0.233 e. The summed E-state index contributed by atoms with van der Waals surface area (Å²) in [6, 6.07) is 14.1. The van der Waals surface area contributed by atoms with Gasteiger partial charge in [0, 0.05) is 5.39 Å². The molecule has 1 aromatic heterocycles. The van der Waals surface area contributed by atoms with Gasteiger partial charge in [-0.25, -0.2) is 18.2 Å². The summed E-state index contributed by atoms with van der Waals surface area (Å²) in [4.78, 5) is 0.0737. The standard InChI is InChI=1S/C13H11N3O2S/c14-19(17,18)12-6-3-5-11(8-12)16-13-7-2-1-4-10(13)9-15-16/h1-9H,(H2,14,17,18). The molecular formula is C13H11N3O2S. The fourth-order valence-electron chi connectivity index (χ4n) is 1.97. The summed E-state index contributed by atoms with van der Waals surface area (Å²) in [6.07, 6.45) is 1.74. The number of sulfonamides is 1. The monoisotopic (exact) mass is 273 g/mol. The van der Waals surface area contributed by atoms with E-state index in [0.29, 0.717) is 5.69 Å². The molecule has 3 rings (SSSR count). The van der Waals surface area contributed by atoms with Crippen molar-refractivity contribution in [1.29, 1.82) is 0 Å². The molecular weight excluding hydrogens is 262 g/mol. The summed E-state index contributed by atoms with van der Waals surface area (Å²) in [7, 11) is -3.71. The SMILES string of the molecule is NS(=O)(=O)c1cccc(-n2ncc3ccccc32)c1. The molecule has 3 aromatic rings. The Morgan fingerprint density at radius 3 is 2.63 bits per heavy atom. The second kappa shape index (κ2) is 4.18. The zero-order chi connectivity index (χ0) is 13.5. The van der Waals surface area contributed by atoms with Crippen LogP contribution >= 0.6 is 0 Å². The van der Waals surface area contributed by atoms with Gasteiger partial charge in [-0.15, -0.1) is 0 Å². The van der Waals surface area contributed by atoms with Gasteiger partial charge in [-0.05, 0) is 24.3 Å². The van der Waals surface area contributed by atoms with Crippen molar-refractivity contribution in [3.8, 4) is 5.69 Å². The van der Waals surface area contributed by atoms with Gasteiger partial charge in [-0.3, -0.25) is 0 Å². The first kappa shape index (κ1) is 11.9. The Balaban J connectivity index is 2.22. The normalized spacial score (nSPS) is 11.8. The van der Waals surface area contributed by atoms with Gasteiger partial charge in [0.25, 0.3) is 0 Å². The first-order chi connectivity index (χ1) is 9.05. The number of nitrogens with zero attached hydrogens (tertiary/aromatic N) is 2. The van der Waals surface area contributed by atoms with Crippen molar-refractivity contribution in [2.75, 3.05) is 0 Å². The van der Waals surface area contributed by atoms with Gasteiger partial charge in [0.15, 0.2) is 0 Å². The van der Waals surface area contributed by atoms with Crippen LogP contribution in [0.5, 0.6) is 0 Å². The summed E-state index contributed by atoms with van der Waals surface area (Å²) in [6.45, 7) is 0. The lowest BCUT2D eigenvalue weighted by Gasteiger charge is -2.05. The zero-order valence-corrected chi connectivity index (χ0v) is 10.7. The lowest BCUT2D eigenvalue weighted by Crippen LogP contribution is -2.12. The van der Waals surface area contributed by atoms with Crippen molar-refractivity contribution in [3.63, 3.8) is 0 Å². The number of benzene rings is 2. The maximum Gasteiger partial charge on any atom is 0.238 e. The molecule has 6 heteroatoms. The predicted octanol–water partition coefficient (Wildman–Crippen LogP) is 1.67. The number of rotatable bonds is 2. The van der Waals surface area contributed by atoms with Crippen molar-refractivity contribution >= 4 is 20.9 Å². The van der Waals surface area contributed by atoms with Gasteiger partial charge < -0.3 is 0 Å². The highest BCUT2D eigenvalue weighted by Crippen LogP contribution is 2.19. The van der Waals surface area contributed by atoms with Crippen LogP contribution in [-0.4, -0.2) is 18.2 Å². The lowest BCUT2D eigenvalue weighted by molar-refractivity contribution is 0.597. The van der Waals surface area contributed by atoms with Crippen LogP contribution in [0.1, 0.15) is 0 Å². The van der Waals surface area contributed by atoms with E-state index in [-0.39, 0.29) is 4.90 Å². The molecule has 0 radical (unpaired) electrons. The minimum atomic E-state index is -3.71. The van der Waals surface area contributed by atoms with Gasteiger partial charge in [-0.1, -0.05) is 24.3 Å². The number of primary sulfonamides is 1. The molecule has 0 amide bonds. The highest BCUT2D eigenvalue weighted by atomic mass is 32.2.